The number of alkyl halides is 3. The Morgan fingerprint density at radius 3 is 2.71 bits per heavy atom. The standard InChI is InChI=1S/C8H5ClF2N2O/c9-1-4-5(2-12)6(14)3-13-7(4)8(10)11/h3,8,14H,1H2. The second-order valence-electron chi connectivity index (χ2n) is 2.43. The van der Waals surface area contributed by atoms with Crippen LogP contribution in [-0.4, -0.2) is 10.1 Å². The Kier molecular flexibility index (Phi) is 3.20. The summed E-state index contributed by atoms with van der Waals surface area (Å²) in [6.07, 6.45) is -1.99. The summed E-state index contributed by atoms with van der Waals surface area (Å²) in [7, 11) is 0. The number of nitrogens with zero attached hydrogens (tertiary/aromatic N) is 2. The second-order valence-corrected chi connectivity index (χ2v) is 2.70. The van der Waals surface area contributed by atoms with Gasteiger partial charge in [-0.1, -0.05) is 0 Å². The highest BCUT2D eigenvalue weighted by molar-refractivity contribution is 6.17. The van der Waals surface area contributed by atoms with E-state index >= 15 is 0 Å². The number of hydrogen-bond acceptors (Lipinski definition) is 3. The Labute approximate surface area is 83.6 Å². The SMILES string of the molecule is N#Cc1c(O)cnc(C(F)F)c1CCl. The molecule has 0 aliphatic heterocycles. The fourth-order valence-electron chi connectivity index (χ4n) is 1.00. The number of pyridine rings is 1. The van der Waals surface area contributed by atoms with Crippen LogP contribution in [0.1, 0.15) is 23.2 Å². The Balaban J connectivity index is 3.42. The topological polar surface area (TPSA) is 56.9 Å². The third-order valence-corrected chi connectivity index (χ3v) is 1.91. The zero-order valence-corrected chi connectivity index (χ0v) is 7.59. The summed E-state index contributed by atoms with van der Waals surface area (Å²) in [4.78, 5) is 3.32. The molecule has 0 amide bonds. The number of hydrogen-bond donors (Lipinski definition) is 1. The average molecular weight is 219 g/mol. The van der Waals surface area contributed by atoms with Crippen LogP contribution in [0.4, 0.5) is 8.78 Å². The summed E-state index contributed by atoms with van der Waals surface area (Å²) in [5.74, 6) is -0.725. The summed E-state index contributed by atoms with van der Waals surface area (Å²) < 4.78 is 24.7. The van der Waals surface area contributed by atoms with Crippen molar-refractivity contribution in [1.29, 1.82) is 5.26 Å². The van der Waals surface area contributed by atoms with Gasteiger partial charge in [0.1, 0.15) is 17.3 Å². The van der Waals surface area contributed by atoms with Crippen molar-refractivity contribution in [3.8, 4) is 11.8 Å². The molecule has 0 aliphatic carbocycles. The first-order chi connectivity index (χ1) is 6.61. The van der Waals surface area contributed by atoms with Crippen LogP contribution in [0.25, 0.3) is 0 Å². The molecule has 0 aromatic carbocycles. The minimum absolute atomic E-state index is 0.121. The van der Waals surface area contributed by atoms with E-state index in [4.69, 9.17) is 22.0 Å². The van der Waals surface area contributed by atoms with E-state index < -0.39 is 17.9 Å². The number of rotatable bonds is 2. The van der Waals surface area contributed by atoms with E-state index in [1.807, 2.05) is 0 Å². The van der Waals surface area contributed by atoms with Crippen LogP contribution < -0.4 is 0 Å². The van der Waals surface area contributed by atoms with Crippen molar-refractivity contribution >= 4 is 11.6 Å². The van der Waals surface area contributed by atoms with Gasteiger partial charge < -0.3 is 5.11 Å². The number of aromatic nitrogens is 1. The first-order valence-electron chi connectivity index (χ1n) is 3.56. The fourth-order valence-corrected chi connectivity index (χ4v) is 1.27. The zero-order valence-electron chi connectivity index (χ0n) is 6.84. The monoisotopic (exact) mass is 218 g/mol. The summed E-state index contributed by atoms with van der Waals surface area (Å²) in [6, 6.07) is 1.60. The van der Waals surface area contributed by atoms with Crippen LogP contribution in [0.2, 0.25) is 0 Å². The molecule has 0 radical (unpaired) electrons. The van der Waals surface area contributed by atoms with Crippen LogP contribution in [0, 0.1) is 11.3 Å². The molecule has 0 unspecified atom stereocenters. The number of aromatic hydroxyl groups is 1. The average Bonchev–Trinajstić information content (AvgIpc) is 2.16. The van der Waals surface area contributed by atoms with E-state index in [1.165, 1.54) is 0 Å². The van der Waals surface area contributed by atoms with Gasteiger partial charge in [-0.25, -0.2) is 8.78 Å². The molecular weight excluding hydrogens is 214 g/mol. The van der Waals surface area contributed by atoms with Gasteiger partial charge in [0.2, 0.25) is 0 Å². The van der Waals surface area contributed by atoms with E-state index in [0.717, 1.165) is 6.20 Å². The first kappa shape index (κ1) is 10.7. The molecule has 0 spiro atoms. The number of nitriles is 1. The van der Waals surface area contributed by atoms with Crippen molar-refractivity contribution in [2.75, 3.05) is 0 Å². The van der Waals surface area contributed by atoms with Crippen molar-refractivity contribution < 1.29 is 13.9 Å². The van der Waals surface area contributed by atoms with Gasteiger partial charge in [-0.05, 0) is 0 Å². The molecule has 3 nitrogen and oxygen atoms in total. The van der Waals surface area contributed by atoms with Gasteiger partial charge in [0, 0.05) is 5.56 Å². The van der Waals surface area contributed by atoms with E-state index in [2.05, 4.69) is 4.98 Å². The third-order valence-electron chi connectivity index (χ3n) is 1.65. The maximum absolute atomic E-state index is 12.4. The maximum Gasteiger partial charge on any atom is 0.280 e. The maximum atomic E-state index is 12.4. The molecule has 0 fully saturated rings. The second kappa shape index (κ2) is 4.20. The molecule has 1 N–H and O–H groups in total. The van der Waals surface area contributed by atoms with Gasteiger partial charge in [-0.2, -0.15) is 5.26 Å². The highest BCUT2D eigenvalue weighted by Crippen LogP contribution is 2.29. The van der Waals surface area contributed by atoms with Gasteiger partial charge in [0.05, 0.1) is 12.1 Å². The highest BCUT2D eigenvalue weighted by atomic mass is 35.5. The Hall–Kier alpha value is -1.41. The lowest BCUT2D eigenvalue weighted by molar-refractivity contribution is 0.145. The van der Waals surface area contributed by atoms with Gasteiger partial charge in [-0.3, -0.25) is 4.98 Å². The van der Waals surface area contributed by atoms with Crippen molar-refractivity contribution in [2.45, 2.75) is 12.3 Å². The van der Waals surface area contributed by atoms with Gasteiger partial charge in [0.25, 0.3) is 6.43 Å². The normalized spacial score (nSPS) is 10.2. The molecule has 1 aromatic heterocycles. The van der Waals surface area contributed by atoms with Crippen molar-refractivity contribution in [3.05, 3.63) is 23.0 Å². The molecule has 6 heteroatoms. The van der Waals surface area contributed by atoms with Crippen molar-refractivity contribution in [3.63, 3.8) is 0 Å². The number of halogens is 3. The molecule has 1 aromatic rings. The predicted octanol–water partition coefficient (Wildman–Crippen LogP) is 2.34. The molecule has 14 heavy (non-hydrogen) atoms. The Morgan fingerprint density at radius 1 is 1.64 bits per heavy atom. The molecule has 0 bridgehead atoms. The van der Waals surface area contributed by atoms with E-state index in [0.29, 0.717) is 0 Å². The van der Waals surface area contributed by atoms with E-state index in [9.17, 15) is 8.78 Å². The summed E-state index contributed by atoms with van der Waals surface area (Å²) in [6.45, 7) is 0. The minimum Gasteiger partial charge on any atom is -0.505 e. The van der Waals surface area contributed by atoms with E-state index in [1.54, 1.807) is 6.07 Å². The highest BCUT2D eigenvalue weighted by Gasteiger charge is 2.19. The van der Waals surface area contributed by atoms with Crippen molar-refractivity contribution in [1.82, 2.24) is 4.98 Å². The molecular formula is C8H5ClF2N2O. The fraction of sp³-hybridized carbons (Fsp3) is 0.250. The summed E-state index contributed by atoms with van der Waals surface area (Å²) in [5.41, 5.74) is -0.927. The molecule has 1 rings (SSSR count). The lowest BCUT2D eigenvalue weighted by Gasteiger charge is -2.07. The molecule has 74 valence electrons. The smallest absolute Gasteiger partial charge is 0.280 e. The van der Waals surface area contributed by atoms with Gasteiger partial charge in [0.15, 0.2) is 5.75 Å². The van der Waals surface area contributed by atoms with Crippen LogP contribution >= 0.6 is 11.6 Å². The summed E-state index contributed by atoms with van der Waals surface area (Å²) >= 11 is 5.40. The lowest BCUT2D eigenvalue weighted by atomic mass is 10.1. The van der Waals surface area contributed by atoms with Gasteiger partial charge in [-0.15, -0.1) is 11.6 Å². The quantitative estimate of drug-likeness (QED) is 0.775. The molecule has 0 aliphatic rings. The molecule has 0 atom stereocenters. The van der Waals surface area contributed by atoms with Gasteiger partial charge >= 0.3 is 0 Å². The van der Waals surface area contributed by atoms with Crippen molar-refractivity contribution in [2.24, 2.45) is 0 Å². The molecule has 1 heterocycles. The lowest BCUT2D eigenvalue weighted by Crippen LogP contribution is -2.00. The zero-order chi connectivity index (χ0) is 10.7. The Bertz CT molecular complexity index is 390. The third kappa shape index (κ3) is 1.75. The molecule has 0 saturated carbocycles. The molecule has 0 saturated heterocycles. The van der Waals surface area contributed by atoms with Crippen LogP contribution in [0.5, 0.6) is 5.75 Å². The summed E-state index contributed by atoms with van der Waals surface area (Å²) in [5, 5.41) is 17.7. The largest absolute Gasteiger partial charge is 0.505 e. The Morgan fingerprint density at radius 2 is 2.29 bits per heavy atom. The van der Waals surface area contributed by atoms with Crippen LogP contribution in [0.3, 0.4) is 0 Å². The predicted molar refractivity (Wildman–Crippen MR) is 45.1 cm³/mol. The first-order valence-corrected chi connectivity index (χ1v) is 4.10. The minimum atomic E-state index is -2.81. The van der Waals surface area contributed by atoms with Crippen LogP contribution in [-0.2, 0) is 5.88 Å². The van der Waals surface area contributed by atoms with Crippen LogP contribution in [0.15, 0.2) is 6.20 Å². The van der Waals surface area contributed by atoms with E-state index in [-0.39, 0.29) is 17.0 Å².